The molecule has 0 bridgehead atoms. The Bertz CT molecular complexity index is 1190. The van der Waals surface area contributed by atoms with E-state index in [1.165, 1.54) is 0 Å². The Balaban J connectivity index is 1.83. The minimum Gasteiger partial charge on any atom is -0.490 e. The number of nitrogen functional groups attached to an aromatic ring is 1. The third-order valence-electron chi connectivity index (χ3n) is 6.06. The number of thioether (sulfide) groups is 1. The van der Waals surface area contributed by atoms with E-state index in [-0.39, 0.29) is 6.10 Å². The molecule has 33 heavy (non-hydrogen) atoms. The summed E-state index contributed by atoms with van der Waals surface area (Å²) < 4.78 is 35.6. The molecular formula is C28H29F2NOS. The van der Waals surface area contributed by atoms with Crippen molar-refractivity contribution < 1.29 is 13.5 Å². The highest BCUT2D eigenvalue weighted by Crippen LogP contribution is 2.45. The molecule has 3 aromatic rings. The zero-order valence-electron chi connectivity index (χ0n) is 19.3. The normalized spacial score (nSPS) is 14.2. The van der Waals surface area contributed by atoms with Crippen LogP contribution in [0.4, 0.5) is 14.5 Å². The summed E-state index contributed by atoms with van der Waals surface area (Å²) in [4.78, 5) is 1.04. The van der Waals surface area contributed by atoms with E-state index in [0.29, 0.717) is 22.6 Å². The highest BCUT2D eigenvalue weighted by atomic mass is 32.2. The van der Waals surface area contributed by atoms with E-state index in [2.05, 4.69) is 13.8 Å². The maximum absolute atomic E-state index is 15.0. The van der Waals surface area contributed by atoms with Gasteiger partial charge in [-0.25, -0.2) is 8.78 Å². The predicted octanol–water partition coefficient (Wildman–Crippen LogP) is 7.88. The van der Waals surface area contributed by atoms with Gasteiger partial charge in [-0.15, -0.1) is 11.8 Å². The van der Waals surface area contributed by atoms with Crippen LogP contribution in [0.2, 0.25) is 0 Å². The molecule has 0 spiro atoms. The lowest BCUT2D eigenvalue weighted by molar-refractivity contribution is 0.186. The summed E-state index contributed by atoms with van der Waals surface area (Å²) in [5, 5.41) is 0. The number of halogens is 2. The zero-order valence-corrected chi connectivity index (χ0v) is 20.1. The summed E-state index contributed by atoms with van der Waals surface area (Å²) in [6.45, 7) is 5.86. The van der Waals surface area contributed by atoms with E-state index in [9.17, 15) is 4.39 Å². The van der Waals surface area contributed by atoms with Crippen LogP contribution in [0.1, 0.15) is 55.4 Å². The van der Waals surface area contributed by atoms with Crippen molar-refractivity contribution in [1.29, 1.82) is 0 Å². The molecule has 1 unspecified atom stereocenters. The smallest absolute Gasteiger partial charge is 0.166 e. The molecule has 0 saturated heterocycles. The van der Waals surface area contributed by atoms with Gasteiger partial charge in [0.15, 0.2) is 11.6 Å². The molecule has 1 atom stereocenters. The van der Waals surface area contributed by atoms with Crippen LogP contribution in [-0.4, -0.2) is 11.9 Å². The number of ether oxygens (including phenoxy) is 1. The highest BCUT2D eigenvalue weighted by molar-refractivity contribution is 7.99. The molecule has 1 heterocycles. The first-order chi connectivity index (χ1) is 15.9. The standard InChI is InChI=1S/C28H29F2NOS/c1-4-6-20(5-2)32-21-11-8-18(9-12-21)26-23-14-10-19(31)15-25(23)33-16-24(26)22-13-7-17(3)27(29)28(22)30/h7-15,20H,4-6,16,31H2,1-3H3. The molecule has 2 nitrogen and oxygen atoms in total. The van der Waals surface area contributed by atoms with Crippen molar-refractivity contribution in [1.82, 2.24) is 0 Å². The summed E-state index contributed by atoms with van der Waals surface area (Å²) in [6, 6.07) is 17.0. The van der Waals surface area contributed by atoms with E-state index in [4.69, 9.17) is 10.5 Å². The lowest BCUT2D eigenvalue weighted by Gasteiger charge is -2.25. The number of rotatable bonds is 7. The van der Waals surface area contributed by atoms with Crippen LogP contribution in [0.5, 0.6) is 5.75 Å². The van der Waals surface area contributed by atoms with Crippen molar-refractivity contribution in [2.75, 3.05) is 11.5 Å². The summed E-state index contributed by atoms with van der Waals surface area (Å²) in [5.41, 5.74) is 10.9. The van der Waals surface area contributed by atoms with Crippen molar-refractivity contribution in [2.24, 2.45) is 0 Å². The van der Waals surface area contributed by atoms with Crippen molar-refractivity contribution in [3.8, 4) is 5.75 Å². The molecule has 4 rings (SSSR count). The van der Waals surface area contributed by atoms with E-state index in [1.54, 1.807) is 30.8 Å². The van der Waals surface area contributed by atoms with Gasteiger partial charge in [0.05, 0.1) is 6.10 Å². The summed E-state index contributed by atoms with van der Waals surface area (Å²) >= 11 is 1.59. The second-order valence-electron chi connectivity index (χ2n) is 8.42. The fraction of sp³-hybridized carbons (Fsp3) is 0.286. The van der Waals surface area contributed by atoms with Gasteiger partial charge in [-0.1, -0.05) is 50.6 Å². The van der Waals surface area contributed by atoms with Crippen LogP contribution in [0.15, 0.2) is 59.5 Å². The number of aryl methyl sites for hydroxylation is 1. The lowest BCUT2D eigenvalue weighted by Crippen LogP contribution is -2.14. The first-order valence-electron chi connectivity index (χ1n) is 11.4. The maximum Gasteiger partial charge on any atom is 0.166 e. The van der Waals surface area contributed by atoms with E-state index in [1.807, 2.05) is 42.5 Å². The Morgan fingerprint density at radius 2 is 1.70 bits per heavy atom. The van der Waals surface area contributed by atoms with Crippen molar-refractivity contribution in [3.05, 3.63) is 88.5 Å². The Hall–Kier alpha value is -2.79. The van der Waals surface area contributed by atoms with Gasteiger partial charge in [0, 0.05) is 21.9 Å². The lowest BCUT2D eigenvalue weighted by atomic mass is 9.89. The molecule has 1 aliphatic rings. The highest BCUT2D eigenvalue weighted by Gasteiger charge is 2.25. The molecule has 0 radical (unpaired) electrons. The number of hydrogen-bond acceptors (Lipinski definition) is 3. The first kappa shape index (κ1) is 23.4. The summed E-state index contributed by atoms with van der Waals surface area (Å²) in [7, 11) is 0. The average molecular weight is 466 g/mol. The third kappa shape index (κ3) is 4.79. The zero-order chi connectivity index (χ0) is 23.5. The maximum atomic E-state index is 15.0. The predicted molar refractivity (Wildman–Crippen MR) is 135 cm³/mol. The fourth-order valence-electron chi connectivity index (χ4n) is 4.23. The summed E-state index contributed by atoms with van der Waals surface area (Å²) in [5.74, 6) is -0.251. The molecule has 0 fully saturated rings. The van der Waals surface area contributed by atoms with Gasteiger partial charge in [-0.2, -0.15) is 0 Å². The molecule has 0 saturated carbocycles. The molecule has 5 heteroatoms. The van der Waals surface area contributed by atoms with Gasteiger partial charge in [-0.3, -0.25) is 0 Å². The van der Waals surface area contributed by atoms with E-state index < -0.39 is 11.6 Å². The van der Waals surface area contributed by atoms with Crippen molar-refractivity contribution in [2.45, 2.75) is 51.0 Å². The number of nitrogens with two attached hydrogens (primary N) is 1. The Morgan fingerprint density at radius 3 is 2.39 bits per heavy atom. The van der Waals surface area contributed by atoms with Crippen LogP contribution in [-0.2, 0) is 0 Å². The van der Waals surface area contributed by atoms with E-state index in [0.717, 1.165) is 52.2 Å². The monoisotopic (exact) mass is 465 g/mol. The third-order valence-corrected chi connectivity index (χ3v) is 7.14. The van der Waals surface area contributed by atoms with Crippen LogP contribution >= 0.6 is 11.8 Å². The fourth-order valence-corrected chi connectivity index (χ4v) is 5.38. The second kappa shape index (κ2) is 10.0. The second-order valence-corrected chi connectivity index (χ2v) is 9.43. The number of hydrogen-bond donors (Lipinski definition) is 1. The minimum atomic E-state index is -0.799. The Labute approximate surface area is 198 Å². The van der Waals surface area contributed by atoms with Gasteiger partial charge >= 0.3 is 0 Å². The summed E-state index contributed by atoms with van der Waals surface area (Å²) in [6.07, 6.45) is 3.23. The molecule has 0 aliphatic carbocycles. The van der Waals surface area contributed by atoms with Crippen molar-refractivity contribution in [3.63, 3.8) is 0 Å². The van der Waals surface area contributed by atoms with Crippen LogP contribution < -0.4 is 10.5 Å². The minimum absolute atomic E-state index is 0.190. The van der Waals surface area contributed by atoms with Gasteiger partial charge in [0.2, 0.25) is 0 Å². The van der Waals surface area contributed by atoms with Crippen LogP contribution in [0.25, 0.3) is 11.1 Å². The number of anilines is 1. The van der Waals surface area contributed by atoms with Crippen LogP contribution in [0, 0.1) is 18.6 Å². The van der Waals surface area contributed by atoms with Gasteiger partial charge in [-0.05, 0) is 71.9 Å². The average Bonchev–Trinajstić information content (AvgIpc) is 2.82. The first-order valence-corrected chi connectivity index (χ1v) is 12.4. The van der Waals surface area contributed by atoms with Gasteiger partial charge in [0.25, 0.3) is 0 Å². The van der Waals surface area contributed by atoms with E-state index >= 15 is 4.39 Å². The largest absolute Gasteiger partial charge is 0.490 e. The van der Waals surface area contributed by atoms with Gasteiger partial charge < -0.3 is 10.5 Å². The van der Waals surface area contributed by atoms with Crippen molar-refractivity contribution >= 4 is 28.6 Å². The quantitative estimate of drug-likeness (QED) is 0.361. The molecule has 0 aromatic heterocycles. The topological polar surface area (TPSA) is 35.2 Å². The molecule has 1 aliphatic heterocycles. The molecular weight excluding hydrogens is 436 g/mol. The Morgan fingerprint density at radius 1 is 0.970 bits per heavy atom. The molecule has 3 aromatic carbocycles. The number of benzene rings is 3. The Kier molecular flexibility index (Phi) is 7.08. The molecule has 2 N–H and O–H groups in total. The van der Waals surface area contributed by atoms with Gasteiger partial charge in [0.1, 0.15) is 5.75 Å². The number of fused-ring (bicyclic) bond motifs is 1. The SMILES string of the molecule is CCCC(CC)Oc1ccc(C2=C(c3ccc(C)c(F)c3F)CSc3cc(N)ccc32)cc1. The molecule has 0 amide bonds. The van der Waals surface area contributed by atoms with Crippen LogP contribution in [0.3, 0.4) is 0 Å². The molecule has 172 valence electrons.